The first-order valence-corrected chi connectivity index (χ1v) is 11.5. The van der Waals surface area contributed by atoms with Crippen molar-refractivity contribution in [3.63, 3.8) is 0 Å². The number of rotatable bonds is 10. The Hall–Kier alpha value is -3.33. The van der Waals surface area contributed by atoms with Crippen molar-refractivity contribution in [3.8, 4) is 11.5 Å². The van der Waals surface area contributed by atoms with Gasteiger partial charge in [0, 0.05) is 29.7 Å². The van der Waals surface area contributed by atoms with Gasteiger partial charge in [-0.1, -0.05) is 36.6 Å². The molecule has 0 aliphatic heterocycles. The van der Waals surface area contributed by atoms with E-state index < -0.39 is 16.9 Å². The van der Waals surface area contributed by atoms with Gasteiger partial charge in [0.15, 0.2) is 6.61 Å². The van der Waals surface area contributed by atoms with Crippen molar-refractivity contribution in [2.24, 2.45) is 0 Å². The highest BCUT2D eigenvalue weighted by molar-refractivity contribution is 6.30. The third-order valence-corrected chi connectivity index (χ3v) is 6.06. The van der Waals surface area contributed by atoms with E-state index in [4.69, 9.17) is 21.1 Å². The Kier molecular flexibility index (Phi) is 8.70. The highest BCUT2D eigenvalue weighted by Gasteiger charge is 2.29. The lowest BCUT2D eigenvalue weighted by molar-refractivity contribution is -0.385. The molecule has 0 aromatic heterocycles. The average Bonchev–Trinajstić information content (AvgIpc) is 3.33. The molecule has 0 spiro atoms. The number of nitrogens with one attached hydrogen (secondary N) is 1. The number of nitro groups is 1. The molecule has 1 N–H and O–H groups in total. The Morgan fingerprint density at radius 1 is 1.24 bits per heavy atom. The fourth-order valence-electron chi connectivity index (χ4n) is 3.93. The molecule has 1 aliphatic carbocycles. The minimum absolute atomic E-state index is 0.0232. The lowest BCUT2D eigenvalue weighted by Gasteiger charge is -2.29. The SMILES string of the molecule is COc1cc(OCC(=O)N(Cc2cccc(Cl)c2)[C@H](C)C(=O)NC2CCCC2)ccc1[N+](=O)[O-]. The Morgan fingerprint density at radius 2 is 1.97 bits per heavy atom. The standard InChI is InChI=1S/C24H28ClN3O6/c1-16(24(30)26-19-8-3-4-9-19)27(14-17-6-5-7-18(25)12-17)23(29)15-34-20-10-11-21(28(31)32)22(13-20)33-2/h5-7,10-13,16,19H,3-4,8-9,14-15H2,1-2H3,(H,26,30)/t16-/m1/s1. The molecule has 3 rings (SSSR count). The predicted molar refractivity (Wildman–Crippen MR) is 127 cm³/mol. The molecule has 0 unspecified atom stereocenters. The van der Waals surface area contributed by atoms with Gasteiger partial charge in [0.05, 0.1) is 12.0 Å². The zero-order chi connectivity index (χ0) is 24.7. The third-order valence-electron chi connectivity index (χ3n) is 5.82. The predicted octanol–water partition coefficient (Wildman–Crippen LogP) is 4.11. The molecule has 10 heteroatoms. The van der Waals surface area contributed by atoms with Gasteiger partial charge in [-0.25, -0.2) is 0 Å². The maximum absolute atomic E-state index is 13.2. The Balaban J connectivity index is 1.74. The van der Waals surface area contributed by atoms with Crippen LogP contribution in [0.4, 0.5) is 5.69 Å². The van der Waals surface area contributed by atoms with Crippen LogP contribution in [0.1, 0.15) is 38.2 Å². The number of hydrogen-bond donors (Lipinski definition) is 1. The molecule has 2 aromatic rings. The van der Waals surface area contributed by atoms with Gasteiger partial charge in [0.1, 0.15) is 11.8 Å². The summed E-state index contributed by atoms with van der Waals surface area (Å²) in [7, 11) is 1.31. The van der Waals surface area contributed by atoms with E-state index in [0.717, 1.165) is 31.2 Å². The van der Waals surface area contributed by atoms with Gasteiger partial charge in [0.2, 0.25) is 11.7 Å². The van der Waals surface area contributed by atoms with E-state index in [0.29, 0.717) is 5.02 Å². The molecule has 182 valence electrons. The number of amides is 2. The van der Waals surface area contributed by atoms with Crippen LogP contribution in [0.5, 0.6) is 11.5 Å². The molecule has 2 aromatic carbocycles. The second kappa shape index (κ2) is 11.7. The van der Waals surface area contributed by atoms with Crippen molar-refractivity contribution in [1.82, 2.24) is 10.2 Å². The fourth-order valence-corrected chi connectivity index (χ4v) is 4.15. The molecule has 1 saturated carbocycles. The van der Waals surface area contributed by atoms with Crippen LogP contribution in [0.25, 0.3) is 0 Å². The maximum Gasteiger partial charge on any atom is 0.311 e. The number of methoxy groups -OCH3 is 1. The van der Waals surface area contributed by atoms with Gasteiger partial charge in [-0.3, -0.25) is 19.7 Å². The van der Waals surface area contributed by atoms with Crippen LogP contribution >= 0.6 is 11.6 Å². The molecule has 1 fully saturated rings. The van der Waals surface area contributed by atoms with Crippen molar-refractivity contribution in [3.05, 3.63) is 63.2 Å². The summed E-state index contributed by atoms with van der Waals surface area (Å²) < 4.78 is 10.6. The monoisotopic (exact) mass is 489 g/mol. The van der Waals surface area contributed by atoms with Crippen molar-refractivity contribution in [1.29, 1.82) is 0 Å². The quantitative estimate of drug-likeness (QED) is 0.397. The second-order valence-electron chi connectivity index (χ2n) is 8.20. The number of halogens is 1. The molecular weight excluding hydrogens is 462 g/mol. The lowest BCUT2D eigenvalue weighted by Crippen LogP contribution is -2.50. The molecule has 0 bridgehead atoms. The highest BCUT2D eigenvalue weighted by Crippen LogP contribution is 2.30. The van der Waals surface area contributed by atoms with E-state index in [1.54, 1.807) is 25.1 Å². The lowest BCUT2D eigenvalue weighted by atomic mass is 10.1. The highest BCUT2D eigenvalue weighted by atomic mass is 35.5. The van der Waals surface area contributed by atoms with Crippen molar-refractivity contribution < 1.29 is 24.0 Å². The summed E-state index contributed by atoms with van der Waals surface area (Å²) in [5, 5.41) is 14.7. The van der Waals surface area contributed by atoms with Crippen LogP contribution in [-0.2, 0) is 16.1 Å². The first-order valence-electron chi connectivity index (χ1n) is 11.1. The van der Waals surface area contributed by atoms with Gasteiger partial charge < -0.3 is 19.7 Å². The van der Waals surface area contributed by atoms with E-state index in [-0.39, 0.29) is 42.3 Å². The summed E-state index contributed by atoms with van der Waals surface area (Å²) in [4.78, 5) is 38.0. The molecular formula is C24H28ClN3O6. The summed E-state index contributed by atoms with van der Waals surface area (Å²) in [6.07, 6.45) is 4.03. The number of ether oxygens (including phenoxy) is 2. The van der Waals surface area contributed by atoms with E-state index >= 15 is 0 Å². The molecule has 2 amide bonds. The van der Waals surface area contributed by atoms with E-state index in [9.17, 15) is 19.7 Å². The summed E-state index contributed by atoms with van der Waals surface area (Å²) in [5.74, 6) is -0.373. The Bertz CT molecular complexity index is 1040. The van der Waals surface area contributed by atoms with Crippen LogP contribution in [-0.4, -0.2) is 47.4 Å². The normalized spacial score (nSPS) is 14.3. The van der Waals surface area contributed by atoms with E-state index in [1.807, 2.05) is 6.07 Å². The van der Waals surface area contributed by atoms with Crippen molar-refractivity contribution in [2.75, 3.05) is 13.7 Å². The first-order chi connectivity index (χ1) is 16.3. The summed E-state index contributed by atoms with van der Waals surface area (Å²) in [6, 6.07) is 10.5. The van der Waals surface area contributed by atoms with Gasteiger partial charge >= 0.3 is 5.69 Å². The number of carbonyl (C=O) groups excluding carboxylic acids is 2. The summed E-state index contributed by atoms with van der Waals surface area (Å²) >= 11 is 6.10. The first kappa shape index (κ1) is 25.3. The fraction of sp³-hybridized carbons (Fsp3) is 0.417. The molecule has 0 saturated heterocycles. The van der Waals surface area contributed by atoms with Gasteiger partial charge in [0.25, 0.3) is 5.91 Å². The van der Waals surface area contributed by atoms with Crippen LogP contribution in [0.2, 0.25) is 5.02 Å². The largest absolute Gasteiger partial charge is 0.490 e. The summed E-state index contributed by atoms with van der Waals surface area (Å²) in [6.45, 7) is 1.50. The minimum atomic E-state index is -0.734. The molecule has 9 nitrogen and oxygen atoms in total. The number of hydrogen-bond acceptors (Lipinski definition) is 6. The van der Waals surface area contributed by atoms with Crippen LogP contribution in [0.15, 0.2) is 42.5 Å². The van der Waals surface area contributed by atoms with Crippen LogP contribution < -0.4 is 14.8 Å². The van der Waals surface area contributed by atoms with Crippen molar-refractivity contribution >= 4 is 29.1 Å². The molecule has 34 heavy (non-hydrogen) atoms. The van der Waals surface area contributed by atoms with Crippen LogP contribution in [0.3, 0.4) is 0 Å². The smallest absolute Gasteiger partial charge is 0.311 e. The van der Waals surface area contributed by atoms with Gasteiger partial charge in [-0.05, 0) is 43.5 Å². The van der Waals surface area contributed by atoms with Crippen molar-refractivity contribution in [2.45, 2.75) is 51.2 Å². The topological polar surface area (TPSA) is 111 Å². The number of nitrogens with zero attached hydrogens (tertiary/aromatic N) is 2. The van der Waals surface area contributed by atoms with Gasteiger partial charge in [-0.2, -0.15) is 0 Å². The number of benzene rings is 2. The Labute approximate surface area is 203 Å². The maximum atomic E-state index is 13.2. The molecule has 1 atom stereocenters. The second-order valence-corrected chi connectivity index (χ2v) is 8.63. The van der Waals surface area contributed by atoms with E-state index in [1.165, 1.54) is 30.2 Å². The Morgan fingerprint density at radius 3 is 2.62 bits per heavy atom. The molecule has 1 aliphatic rings. The minimum Gasteiger partial charge on any atom is -0.490 e. The number of carbonyl (C=O) groups is 2. The summed E-state index contributed by atoms with van der Waals surface area (Å²) in [5.41, 5.74) is 0.569. The molecule has 0 heterocycles. The molecule has 0 radical (unpaired) electrons. The van der Waals surface area contributed by atoms with E-state index in [2.05, 4.69) is 5.32 Å². The van der Waals surface area contributed by atoms with Crippen LogP contribution in [0, 0.1) is 10.1 Å². The zero-order valence-corrected chi connectivity index (χ0v) is 19.9. The average molecular weight is 490 g/mol. The van der Waals surface area contributed by atoms with Gasteiger partial charge in [-0.15, -0.1) is 0 Å². The number of nitro benzene ring substituents is 1. The zero-order valence-electron chi connectivity index (χ0n) is 19.2. The third kappa shape index (κ3) is 6.60.